The Labute approximate surface area is 120 Å². The first kappa shape index (κ1) is 15.4. The van der Waals surface area contributed by atoms with Gasteiger partial charge in [-0.15, -0.1) is 0 Å². The summed E-state index contributed by atoms with van der Waals surface area (Å²) in [5.41, 5.74) is 5.79. The molecule has 6 nitrogen and oxygen atoms in total. The number of oxime groups is 1. The molecule has 0 saturated heterocycles. The molecule has 0 aliphatic carbocycles. The molecule has 0 bridgehead atoms. The molecule has 0 aromatic heterocycles. The van der Waals surface area contributed by atoms with Gasteiger partial charge >= 0.3 is 6.03 Å². The van der Waals surface area contributed by atoms with E-state index in [1.165, 1.54) is 0 Å². The molecule has 0 aliphatic rings. The van der Waals surface area contributed by atoms with Gasteiger partial charge in [0.15, 0.2) is 0 Å². The summed E-state index contributed by atoms with van der Waals surface area (Å²) < 4.78 is 0. The summed E-state index contributed by atoms with van der Waals surface area (Å²) in [5.74, 6) is 0.129. The van der Waals surface area contributed by atoms with E-state index in [9.17, 15) is 4.79 Å². The number of benzene rings is 1. The van der Waals surface area contributed by atoms with Crippen molar-refractivity contribution in [2.45, 2.75) is 12.8 Å². The highest BCUT2D eigenvalue weighted by atomic mass is 35.5. The van der Waals surface area contributed by atoms with E-state index < -0.39 is 0 Å². The Morgan fingerprint density at radius 3 is 2.53 bits per heavy atom. The van der Waals surface area contributed by atoms with Crippen molar-refractivity contribution >= 4 is 40.8 Å². The van der Waals surface area contributed by atoms with E-state index in [-0.39, 0.29) is 11.9 Å². The number of halogens is 2. The van der Waals surface area contributed by atoms with Crippen LogP contribution in [-0.4, -0.2) is 23.6 Å². The molecular formula is C11H14Cl2N4O2. The second-order valence-corrected chi connectivity index (χ2v) is 4.61. The van der Waals surface area contributed by atoms with E-state index in [0.29, 0.717) is 35.1 Å². The Kier molecular flexibility index (Phi) is 6.24. The zero-order valence-corrected chi connectivity index (χ0v) is 11.5. The average molecular weight is 305 g/mol. The van der Waals surface area contributed by atoms with Crippen LogP contribution < -0.4 is 16.4 Å². The van der Waals surface area contributed by atoms with Crippen molar-refractivity contribution in [2.24, 2.45) is 10.9 Å². The molecule has 19 heavy (non-hydrogen) atoms. The molecule has 0 aliphatic heterocycles. The lowest BCUT2D eigenvalue weighted by molar-refractivity contribution is 0.252. The fraction of sp³-hybridized carbons (Fsp3) is 0.273. The summed E-state index contributed by atoms with van der Waals surface area (Å²) in [6.45, 7) is 0.399. The number of amides is 2. The number of carbonyl (C=O) groups is 1. The number of nitrogens with zero attached hydrogens (tertiary/aromatic N) is 1. The smallest absolute Gasteiger partial charge is 0.319 e. The predicted octanol–water partition coefficient (Wildman–Crippen LogP) is 2.64. The normalized spacial score (nSPS) is 11.2. The molecule has 0 spiro atoms. The van der Waals surface area contributed by atoms with Gasteiger partial charge in [-0.1, -0.05) is 28.4 Å². The Morgan fingerprint density at radius 1 is 1.32 bits per heavy atom. The van der Waals surface area contributed by atoms with Gasteiger partial charge in [-0.2, -0.15) is 0 Å². The number of nitrogens with one attached hydrogen (secondary N) is 2. The summed E-state index contributed by atoms with van der Waals surface area (Å²) in [4.78, 5) is 11.5. The number of urea groups is 1. The van der Waals surface area contributed by atoms with Crippen LogP contribution >= 0.6 is 23.2 Å². The fourth-order valence-electron chi connectivity index (χ4n) is 1.32. The van der Waals surface area contributed by atoms with Crippen molar-refractivity contribution in [1.82, 2.24) is 5.32 Å². The maximum atomic E-state index is 11.5. The molecule has 0 radical (unpaired) electrons. The summed E-state index contributed by atoms with van der Waals surface area (Å²) >= 11 is 11.6. The van der Waals surface area contributed by atoms with E-state index in [1.807, 2.05) is 0 Å². The lowest BCUT2D eigenvalue weighted by atomic mass is 10.3. The Balaban J connectivity index is 2.35. The average Bonchev–Trinajstić information content (AvgIpc) is 2.33. The molecule has 0 atom stereocenters. The van der Waals surface area contributed by atoms with E-state index in [1.54, 1.807) is 18.2 Å². The minimum Gasteiger partial charge on any atom is -0.409 e. The van der Waals surface area contributed by atoms with Crippen molar-refractivity contribution in [3.8, 4) is 0 Å². The van der Waals surface area contributed by atoms with E-state index in [0.717, 1.165) is 0 Å². The molecular weight excluding hydrogens is 291 g/mol. The van der Waals surface area contributed by atoms with E-state index in [2.05, 4.69) is 15.8 Å². The zero-order valence-electron chi connectivity index (χ0n) is 9.99. The number of anilines is 1. The lowest BCUT2D eigenvalue weighted by Gasteiger charge is -2.08. The van der Waals surface area contributed by atoms with Gasteiger partial charge in [0.05, 0.1) is 0 Å². The zero-order chi connectivity index (χ0) is 14.3. The number of rotatable bonds is 5. The third-order valence-electron chi connectivity index (χ3n) is 2.14. The second kappa shape index (κ2) is 7.70. The van der Waals surface area contributed by atoms with Gasteiger partial charge < -0.3 is 21.6 Å². The molecule has 8 heteroatoms. The topological polar surface area (TPSA) is 99.7 Å². The van der Waals surface area contributed by atoms with Gasteiger partial charge in [-0.05, 0) is 24.6 Å². The Morgan fingerprint density at radius 2 is 1.95 bits per heavy atom. The van der Waals surface area contributed by atoms with Gasteiger partial charge in [0.1, 0.15) is 5.84 Å². The van der Waals surface area contributed by atoms with Crippen LogP contribution in [-0.2, 0) is 0 Å². The van der Waals surface area contributed by atoms with Crippen LogP contribution in [0.1, 0.15) is 12.8 Å². The van der Waals surface area contributed by atoms with Gasteiger partial charge in [-0.3, -0.25) is 0 Å². The number of amidine groups is 1. The molecule has 0 saturated carbocycles. The molecule has 0 heterocycles. The molecule has 1 aromatic rings. The first-order valence-electron chi connectivity index (χ1n) is 5.48. The molecule has 0 fully saturated rings. The summed E-state index contributed by atoms with van der Waals surface area (Å²) in [5, 5.41) is 17.3. The van der Waals surface area contributed by atoms with Crippen LogP contribution in [0.2, 0.25) is 10.0 Å². The molecule has 1 rings (SSSR count). The maximum absolute atomic E-state index is 11.5. The van der Waals surface area contributed by atoms with Crippen LogP contribution in [0.15, 0.2) is 23.4 Å². The fourth-order valence-corrected chi connectivity index (χ4v) is 1.85. The highest BCUT2D eigenvalue weighted by Gasteiger charge is 2.03. The first-order valence-corrected chi connectivity index (χ1v) is 6.24. The minimum absolute atomic E-state index is 0.129. The monoisotopic (exact) mass is 304 g/mol. The predicted molar refractivity (Wildman–Crippen MR) is 76.1 cm³/mol. The largest absolute Gasteiger partial charge is 0.409 e. The van der Waals surface area contributed by atoms with Gasteiger partial charge in [0.2, 0.25) is 0 Å². The Bertz CT molecular complexity index is 460. The SMILES string of the molecule is N/C(CCCNC(=O)Nc1cc(Cl)cc(Cl)c1)=N/O. The molecule has 5 N–H and O–H groups in total. The maximum Gasteiger partial charge on any atom is 0.319 e. The molecule has 104 valence electrons. The van der Waals surface area contributed by atoms with Crippen LogP contribution in [0, 0.1) is 0 Å². The third-order valence-corrected chi connectivity index (χ3v) is 2.58. The highest BCUT2D eigenvalue weighted by molar-refractivity contribution is 6.35. The van der Waals surface area contributed by atoms with Gasteiger partial charge in [0, 0.05) is 28.7 Å². The summed E-state index contributed by atoms with van der Waals surface area (Å²) in [7, 11) is 0. The molecule has 2 amide bonds. The molecule has 1 aromatic carbocycles. The highest BCUT2D eigenvalue weighted by Crippen LogP contribution is 2.22. The lowest BCUT2D eigenvalue weighted by Crippen LogP contribution is -2.30. The second-order valence-electron chi connectivity index (χ2n) is 3.73. The standard InChI is InChI=1S/C11H14Cl2N4O2/c12-7-4-8(13)6-9(5-7)16-11(18)15-3-1-2-10(14)17-19/h4-6,19H,1-3H2,(H2,14,17)(H2,15,16,18). The number of carbonyl (C=O) groups excluding carboxylic acids is 1. The van der Waals surface area contributed by atoms with Crippen molar-refractivity contribution < 1.29 is 10.0 Å². The summed E-state index contributed by atoms with van der Waals surface area (Å²) in [6.07, 6.45) is 0.972. The van der Waals surface area contributed by atoms with Gasteiger partial charge in [-0.25, -0.2) is 4.79 Å². The van der Waals surface area contributed by atoms with Crippen LogP contribution in [0.3, 0.4) is 0 Å². The quantitative estimate of drug-likeness (QED) is 0.221. The third kappa shape index (κ3) is 6.17. The van der Waals surface area contributed by atoms with Crippen LogP contribution in [0.4, 0.5) is 10.5 Å². The van der Waals surface area contributed by atoms with E-state index >= 15 is 0 Å². The number of nitrogens with two attached hydrogens (primary N) is 1. The van der Waals surface area contributed by atoms with Crippen molar-refractivity contribution in [3.63, 3.8) is 0 Å². The number of hydrogen-bond donors (Lipinski definition) is 4. The molecule has 0 unspecified atom stereocenters. The van der Waals surface area contributed by atoms with Crippen LogP contribution in [0.5, 0.6) is 0 Å². The number of hydrogen-bond acceptors (Lipinski definition) is 3. The van der Waals surface area contributed by atoms with Crippen LogP contribution in [0.25, 0.3) is 0 Å². The van der Waals surface area contributed by atoms with Crippen molar-refractivity contribution in [1.29, 1.82) is 0 Å². The van der Waals surface area contributed by atoms with E-state index in [4.69, 9.17) is 34.1 Å². The first-order chi connectivity index (χ1) is 9.01. The minimum atomic E-state index is -0.377. The Hall–Kier alpha value is -1.66. The van der Waals surface area contributed by atoms with Crippen molar-refractivity contribution in [3.05, 3.63) is 28.2 Å². The summed E-state index contributed by atoms with van der Waals surface area (Å²) in [6, 6.07) is 4.37. The van der Waals surface area contributed by atoms with Gasteiger partial charge in [0.25, 0.3) is 0 Å². The van der Waals surface area contributed by atoms with Crippen molar-refractivity contribution in [2.75, 3.05) is 11.9 Å².